The summed E-state index contributed by atoms with van der Waals surface area (Å²) in [5.41, 5.74) is 0.311. The molecule has 0 N–H and O–H groups in total. The molecule has 0 bridgehead atoms. The molecule has 26 heavy (non-hydrogen) atoms. The number of hydrogen-bond acceptors (Lipinski definition) is 3. The molecule has 1 aliphatic heterocycles. The summed E-state index contributed by atoms with van der Waals surface area (Å²) in [5.74, 6) is -4.33. The highest BCUT2D eigenvalue weighted by Crippen LogP contribution is 2.55. The zero-order chi connectivity index (χ0) is 19.1. The third-order valence-electron chi connectivity index (χ3n) is 5.32. The molecule has 0 aromatic heterocycles. The number of halogens is 2. The Labute approximate surface area is 152 Å². The van der Waals surface area contributed by atoms with Crippen LogP contribution < -0.4 is 0 Å². The molecule has 0 spiro atoms. The van der Waals surface area contributed by atoms with Gasteiger partial charge in [0.25, 0.3) is 5.92 Å². The van der Waals surface area contributed by atoms with Gasteiger partial charge in [0.15, 0.2) is 5.41 Å². The number of benzene rings is 1. The van der Waals surface area contributed by atoms with E-state index < -0.39 is 42.2 Å². The van der Waals surface area contributed by atoms with E-state index in [1.807, 2.05) is 31.2 Å². The van der Waals surface area contributed by atoms with Crippen molar-refractivity contribution in [2.24, 2.45) is 5.41 Å². The molecule has 4 nitrogen and oxygen atoms in total. The second-order valence-corrected chi connectivity index (χ2v) is 7.76. The fraction of sp³-hybridized carbons (Fsp3) is 0.600. The number of amides is 1. The summed E-state index contributed by atoms with van der Waals surface area (Å²) in [5, 5.41) is 0. The molecule has 3 rings (SSSR count). The highest BCUT2D eigenvalue weighted by molar-refractivity contribution is 6.04. The number of rotatable bonds is 4. The average Bonchev–Trinajstić information content (AvgIpc) is 3.00. The number of carbonyl (C=O) groups excluding carboxylic acids is 2. The Morgan fingerprint density at radius 2 is 1.88 bits per heavy atom. The van der Waals surface area contributed by atoms with Crippen LogP contribution in [-0.2, 0) is 14.3 Å². The number of nitrogens with zero attached hydrogens (tertiary/aromatic N) is 1. The minimum atomic E-state index is -3.00. The van der Waals surface area contributed by atoms with Gasteiger partial charge in [-0.3, -0.25) is 9.59 Å². The summed E-state index contributed by atoms with van der Waals surface area (Å²) in [4.78, 5) is 27.4. The van der Waals surface area contributed by atoms with Gasteiger partial charge in [-0.15, -0.1) is 0 Å². The molecule has 1 aliphatic carbocycles. The monoisotopic (exact) mass is 365 g/mol. The van der Waals surface area contributed by atoms with Crippen molar-refractivity contribution in [2.75, 3.05) is 6.54 Å². The smallest absolute Gasteiger partial charge is 0.322 e. The molecule has 1 saturated carbocycles. The molecule has 1 aromatic carbocycles. The number of likely N-dealkylation sites (tertiary alicyclic amines) is 1. The van der Waals surface area contributed by atoms with Crippen molar-refractivity contribution >= 4 is 11.9 Å². The maximum Gasteiger partial charge on any atom is 0.322 e. The molecule has 6 heteroatoms. The number of alkyl halides is 2. The van der Waals surface area contributed by atoms with Gasteiger partial charge in [-0.1, -0.05) is 24.3 Å². The lowest BCUT2D eigenvalue weighted by molar-refractivity contribution is -0.208. The van der Waals surface area contributed by atoms with Crippen LogP contribution in [0.3, 0.4) is 0 Å². The van der Waals surface area contributed by atoms with E-state index in [0.29, 0.717) is 6.54 Å². The first-order chi connectivity index (χ1) is 12.2. The van der Waals surface area contributed by atoms with Gasteiger partial charge in [0.1, 0.15) is 0 Å². The molecular weight excluding hydrogens is 340 g/mol. The third-order valence-corrected chi connectivity index (χ3v) is 5.32. The van der Waals surface area contributed by atoms with Crippen LogP contribution in [0.25, 0.3) is 0 Å². The SMILES string of the molecule is Cc1ccccc1C1CCCN1C(=O)C1(C(=O)OC(C)C)CC(F)(F)C1. The van der Waals surface area contributed by atoms with Gasteiger partial charge in [-0.2, -0.15) is 0 Å². The Hall–Kier alpha value is -1.98. The van der Waals surface area contributed by atoms with Gasteiger partial charge in [-0.25, -0.2) is 8.78 Å². The van der Waals surface area contributed by atoms with Crippen LogP contribution >= 0.6 is 0 Å². The lowest BCUT2D eigenvalue weighted by Gasteiger charge is -2.46. The predicted molar refractivity (Wildman–Crippen MR) is 92.7 cm³/mol. The summed E-state index contributed by atoms with van der Waals surface area (Å²) in [6, 6.07) is 7.58. The number of esters is 1. The highest BCUT2D eigenvalue weighted by Gasteiger charge is 2.67. The van der Waals surface area contributed by atoms with Crippen LogP contribution in [0.5, 0.6) is 0 Å². The van der Waals surface area contributed by atoms with Crippen LogP contribution in [0, 0.1) is 12.3 Å². The van der Waals surface area contributed by atoms with Gasteiger partial charge in [-0.05, 0) is 44.7 Å². The van der Waals surface area contributed by atoms with E-state index in [-0.39, 0.29) is 6.04 Å². The summed E-state index contributed by atoms with van der Waals surface area (Å²) in [6.45, 7) is 5.74. The third kappa shape index (κ3) is 3.21. The van der Waals surface area contributed by atoms with Crippen molar-refractivity contribution in [1.29, 1.82) is 0 Å². The molecule has 1 heterocycles. The number of carbonyl (C=O) groups is 2. The van der Waals surface area contributed by atoms with Crippen molar-refractivity contribution in [3.05, 3.63) is 35.4 Å². The first-order valence-electron chi connectivity index (χ1n) is 9.12. The second kappa shape index (κ2) is 6.63. The van der Waals surface area contributed by atoms with E-state index in [0.717, 1.165) is 24.0 Å². The first kappa shape index (κ1) is 18.8. The van der Waals surface area contributed by atoms with Crippen molar-refractivity contribution in [2.45, 2.75) is 64.5 Å². The van der Waals surface area contributed by atoms with Crippen molar-refractivity contribution < 1.29 is 23.1 Å². The molecule has 0 radical (unpaired) electrons. The lowest BCUT2D eigenvalue weighted by Crippen LogP contribution is -2.60. The topological polar surface area (TPSA) is 46.6 Å². The Kier molecular flexibility index (Phi) is 4.80. The first-order valence-corrected chi connectivity index (χ1v) is 9.12. The largest absolute Gasteiger partial charge is 0.462 e. The fourth-order valence-electron chi connectivity index (χ4n) is 4.11. The minimum absolute atomic E-state index is 0.179. The van der Waals surface area contributed by atoms with Crippen LogP contribution in [0.4, 0.5) is 8.78 Å². The van der Waals surface area contributed by atoms with E-state index in [1.54, 1.807) is 18.7 Å². The van der Waals surface area contributed by atoms with Crippen LogP contribution in [0.15, 0.2) is 24.3 Å². The maximum absolute atomic E-state index is 13.7. The van der Waals surface area contributed by atoms with Gasteiger partial charge < -0.3 is 9.64 Å². The molecule has 1 amide bonds. The van der Waals surface area contributed by atoms with Crippen molar-refractivity contribution in [3.8, 4) is 0 Å². The Bertz CT molecular complexity index is 709. The summed E-state index contributed by atoms with van der Waals surface area (Å²) in [7, 11) is 0. The Morgan fingerprint density at radius 3 is 2.46 bits per heavy atom. The molecule has 1 aromatic rings. The molecule has 142 valence electrons. The number of hydrogen-bond donors (Lipinski definition) is 0. The molecule has 2 fully saturated rings. The Morgan fingerprint density at radius 1 is 1.23 bits per heavy atom. The lowest BCUT2D eigenvalue weighted by atomic mass is 9.64. The zero-order valence-electron chi connectivity index (χ0n) is 15.4. The van der Waals surface area contributed by atoms with Gasteiger partial charge in [0.2, 0.25) is 5.91 Å². The maximum atomic E-state index is 13.7. The van der Waals surface area contributed by atoms with E-state index >= 15 is 0 Å². The normalized spacial score (nSPS) is 23.6. The van der Waals surface area contributed by atoms with E-state index in [1.165, 1.54) is 0 Å². The quantitative estimate of drug-likeness (QED) is 0.598. The Balaban J connectivity index is 1.89. The van der Waals surface area contributed by atoms with Crippen LogP contribution in [0.2, 0.25) is 0 Å². The standard InChI is InChI=1S/C20H25F2NO3/c1-13(2)26-18(25)19(11-20(21,22)12-19)17(24)23-10-6-9-16(23)15-8-5-4-7-14(15)3/h4-5,7-8,13,16H,6,9-12H2,1-3H3. The molecule has 1 saturated heterocycles. The summed E-state index contributed by atoms with van der Waals surface area (Å²) in [6.07, 6.45) is -0.422. The zero-order valence-corrected chi connectivity index (χ0v) is 15.4. The van der Waals surface area contributed by atoms with Crippen LogP contribution in [-0.4, -0.2) is 35.3 Å². The van der Waals surface area contributed by atoms with Gasteiger partial charge in [0.05, 0.1) is 12.1 Å². The van der Waals surface area contributed by atoms with Gasteiger partial charge >= 0.3 is 5.97 Å². The average molecular weight is 365 g/mol. The minimum Gasteiger partial charge on any atom is -0.462 e. The number of ether oxygens (including phenoxy) is 1. The molecule has 2 aliphatic rings. The van der Waals surface area contributed by atoms with E-state index in [4.69, 9.17) is 4.74 Å². The molecular formula is C20H25F2NO3. The molecule has 1 atom stereocenters. The summed E-state index contributed by atoms with van der Waals surface area (Å²) < 4.78 is 32.5. The number of aryl methyl sites for hydroxylation is 1. The predicted octanol–water partition coefficient (Wildman–Crippen LogP) is 4.03. The fourth-order valence-corrected chi connectivity index (χ4v) is 4.11. The molecule has 1 unspecified atom stereocenters. The second-order valence-electron chi connectivity index (χ2n) is 7.76. The van der Waals surface area contributed by atoms with Crippen molar-refractivity contribution in [1.82, 2.24) is 4.90 Å². The van der Waals surface area contributed by atoms with E-state index in [2.05, 4.69) is 0 Å². The summed E-state index contributed by atoms with van der Waals surface area (Å²) >= 11 is 0. The van der Waals surface area contributed by atoms with Gasteiger partial charge in [0, 0.05) is 19.4 Å². The van der Waals surface area contributed by atoms with Crippen LogP contribution in [0.1, 0.15) is 56.7 Å². The van der Waals surface area contributed by atoms with Crippen molar-refractivity contribution in [3.63, 3.8) is 0 Å². The highest BCUT2D eigenvalue weighted by atomic mass is 19.3. The van der Waals surface area contributed by atoms with E-state index in [9.17, 15) is 18.4 Å².